The number of fused-ring (bicyclic) bond motifs is 1. The lowest BCUT2D eigenvalue weighted by atomic mass is 10.3. The second kappa shape index (κ2) is 8.15. The molecule has 1 aromatic carbocycles. The lowest BCUT2D eigenvalue weighted by molar-refractivity contribution is 0.265. The van der Waals surface area contributed by atoms with Crippen LogP contribution >= 0.6 is 0 Å². The maximum absolute atomic E-state index is 5.69. The number of aromatic nitrogens is 2. The smallest absolute Gasteiger partial charge is 0.124 e. The van der Waals surface area contributed by atoms with Crippen LogP contribution in [0.1, 0.15) is 38.9 Å². The Morgan fingerprint density at radius 1 is 1.19 bits per heavy atom. The summed E-state index contributed by atoms with van der Waals surface area (Å²) in [7, 11) is 0. The fourth-order valence-electron chi connectivity index (χ4n) is 2.68. The second-order valence-corrected chi connectivity index (χ2v) is 5.53. The minimum Gasteiger partial charge on any atom is -0.330 e. The van der Waals surface area contributed by atoms with E-state index in [0.717, 1.165) is 44.7 Å². The topological polar surface area (TPSA) is 47.1 Å². The van der Waals surface area contributed by atoms with E-state index >= 15 is 0 Å². The van der Waals surface area contributed by atoms with Crippen molar-refractivity contribution in [3.8, 4) is 0 Å². The van der Waals surface area contributed by atoms with Crippen LogP contribution in [0.4, 0.5) is 0 Å². The number of rotatable bonds is 9. The third-order valence-corrected chi connectivity index (χ3v) is 3.96. The first-order valence-electron chi connectivity index (χ1n) is 8.16. The molecule has 21 heavy (non-hydrogen) atoms. The molecule has 0 saturated carbocycles. The molecule has 1 heterocycles. The van der Waals surface area contributed by atoms with E-state index in [1.165, 1.54) is 24.2 Å². The van der Waals surface area contributed by atoms with E-state index in [0.29, 0.717) is 0 Å². The Bertz CT molecular complexity index is 547. The summed E-state index contributed by atoms with van der Waals surface area (Å²) in [6.45, 7) is 9.28. The van der Waals surface area contributed by atoms with E-state index in [-0.39, 0.29) is 0 Å². The largest absolute Gasteiger partial charge is 0.330 e. The number of para-hydroxylation sites is 2. The van der Waals surface area contributed by atoms with Crippen molar-refractivity contribution in [2.75, 3.05) is 19.6 Å². The van der Waals surface area contributed by atoms with Crippen molar-refractivity contribution in [1.29, 1.82) is 0 Å². The molecule has 0 aliphatic heterocycles. The molecule has 2 aromatic rings. The van der Waals surface area contributed by atoms with Crippen LogP contribution in [-0.2, 0) is 13.1 Å². The van der Waals surface area contributed by atoms with E-state index in [1.807, 2.05) is 0 Å². The summed E-state index contributed by atoms with van der Waals surface area (Å²) in [5.74, 6) is 1.17. The first-order chi connectivity index (χ1) is 10.3. The zero-order valence-corrected chi connectivity index (χ0v) is 13.4. The van der Waals surface area contributed by atoms with Crippen molar-refractivity contribution in [2.45, 2.75) is 46.2 Å². The van der Waals surface area contributed by atoms with Gasteiger partial charge >= 0.3 is 0 Å². The fourth-order valence-corrected chi connectivity index (χ4v) is 2.68. The average Bonchev–Trinajstić information content (AvgIpc) is 2.86. The second-order valence-electron chi connectivity index (χ2n) is 5.53. The molecule has 0 atom stereocenters. The minimum atomic E-state index is 0.722. The third kappa shape index (κ3) is 4.05. The highest BCUT2D eigenvalue weighted by atomic mass is 15.2. The van der Waals surface area contributed by atoms with Crippen LogP contribution in [0.15, 0.2) is 24.3 Å². The number of nitrogens with two attached hydrogens (primary N) is 1. The van der Waals surface area contributed by atoms with Crippen molar-refractivity contribution >= 4 is 11.0 Å². The normalized spacial score (nSPS) is 11.6. The number of aryl methyl sites for hydroxylation is 1. The number of imidazole rings is 1. The van der Waals surface area contributed by atoms with E-state index in [4.69, 9.17) is 10.7 Å². The van der Waals surface area contributed by atoms with Crippen LogP contribution in [0.25, 0.3) is 11.0 Å². The van der Waals surface area contributed by atoms with Gasteiger partial charge in [0.05, 0.1) is 17.6 Å². The molecule has 4 heteroatoms. The summed E-state index contributed by atoms with van der Waals surface area (Å²) < 4.78 is 2.34. The quantitative estimate of drug-likeness (QED) is 0.771. The van der Waals surface area contributed by atoms with Gasteiger partial charge < -0.3 is 10.3 Å². The highest BCUT2D eigenvalue weighted by Gasteiger charge is 2.12. The first-order valence-corrected chi connectivity index (χ1v) is 8.16. The van der Waals surface area contributed by atoms with Crippen molar-refractivity contribution in [2.24, 2.45) is 5.73 Å². The van der Waals surface area contributed by atoms with Gasteiger partial charge in [-0.3, -0.25) is 4.90 Å². The molecule has 0 amide bonds. The van der Waals surface area contributed by atoms with Crippen LogP contribution in [0.2, 0.25) is 0 Å². The van der Waals surface area contributed by atoms with Crippen LogP contribution in [0, 0.1) is 0 Å². The predicted octanol–water partition coefficient (Wildman–Crippen LogP) is 3.01. The molecule has 2 rings (SSSR count). The molecule has 0 aliphatic carbocycles. The molecule has 0 radical (unpaired) electrons. The van der Waals surface area contributed by atoms with Gasteiger partial charge in [-0.2, -0.15) is 0 Å². The van der Waals surface area contributed by atoms with Gasteiger partial charge in [-0.05, 0) is 44.6 Å². The molecule has 0 fully saturated rings. The van der Waals surface area contributed by atoms with Crippen LogP contribution in [0.5, 0.6) is 0 Å². The molecule has 2 N–H and O–H groups in total. The Hall–Kier alpha value is -1.39. The summed E-state index contributed by atoms with van der Waals surface area (Å²) in [6.07, 6.45) is 3.48. The monoisotopic (exact) mass is 288 g/mol. The molecule has 4 nitrogen and oxygen atoms in total. The molecular formula is C17H28N4. The third-order valence-electron chi connectivity index (χ3n) is 3.96. The first kappa shape index (κ1) is 16.0. The predicted molar refractivity (Wildman–Crippen MR) is 89.3 cm³/mol. The summed E-state index contributed by atoms with van der Waals surface area (Å²) >= 11 is 0. The van der Waals surface area contributed by atoms with Crippen LogP contribution < -0.4 is 5.73 Å². The van der Waals surface area contributed by atoms with Crippen molar-refractivity contribution in [1.82, 2.24) is 14.5 Å². The van der Waals surface area contributed by atoms with Gasteiger partial charge in [-0.15, -0.1) is 0 Å². The maximum Gasteiger partial charge on any atom is 0.124 e. The Morgan fingerprint density at radius 2 is 2.00 bits per heavy atom. The van der Waals surface area contributed by atoms with Gasteiger partial charge in [0.2, 0.25) is 0 Å². The average molecular weight is 288 g/mol. The molecule has 0 spiro atoms. The van der Waals surface area contributed by atoms with E-state index in [1.54, 1.807) is 0 Å². The standard InChI is InChI=1S/C17H28N4/c1-3-5-12-20(4-2)14-17-19-15-9-6-7-10-16(15)21(17)13-8-11-18/h6-7,9-10H,3-5,8,11-14,18H2,1-2H3. The van der Waals surface area contributed by atoms with Crippen molar-refractivity contribution < 1.29 is 0 Å². The fraction of sp³-hybridized carbons (Fsp3) is 0.588. The molecule has 0 unspecified atom stereocenters. The molecule has 0 aliphatic rings. The number of nitrogens with zero attached hydrogens (tertiary/aromatic N) is 3. The summed E-state index contributed by atoms with van der Waals surface area (Å²) in [5, 5.41) is 0. The Kier molecular flexibility index (Phi) is 6.21. The van der Waals surface area contributed by atoms with Crippen molar-refractivity contribution in [3.05, 3.63) is 30.1 Å². The Labute approximate surface area is 128 Å². The summed E-state index contributed by atoms with van der Waals surface area (Å²) in [4.78, 5) is 7.32. The van der Waals surface area contributed by atoms with Crippen LogP contribution in [-0.4, -0.2) is 34.1 Å². The Morgan fingerprint density at radius 3 is 2.71 bits per heavy atom. The SMILES string of the molecule is CCCCN(CC)Cc1nc2ccccc2n1CCCN. The van der Waals surface area contributed by atoms with Crippen molar-refractivity contribution in [3.63, 3.8) is 0 Å². The summed E-state index contributed by atoms with van der Waals surface area (Å²) in [6, 6.07) is 8.40. The van der Waals surface area contributed by atoms with E-state index < -0.39 is 0 Å². The molecule has 116 valence electrons. The van der Waals surface area contributed by atoms with Gasteiger partial charge in [0.1, 0.15) is 5.82 Å². The van der Waals surface area contributed by atoms with Gasteiger partial charge in [-0.25, -0.2) is 4.98 Å². The number of unbranched alkanes of at least 4 members (excludes halogenated alkanes) is 1. The zero-order chi connectivity index (χ0) is 15.1. The molecule has 0 bridgehead atoms. The Balaban J connectivity index is 2.23. The van der Waals surface area contributed by atoms with E-state index in [9.17, 15) is 0 Å². The van der Waals surface area contributed by atoms with Crippen LogP contribution in [0.3, 0.4) is 0 Å². The summed E-state index contributed by atoms with van der Waals surface area (Å²) in [5.41, 5.74) is 8.01. The highest BCUT2D eigenvalue weighted by molar-refractivity contribution is 5.75. The number of hydrogen-bond acceptors (Lipinski definition) is 3. The highest BCUT2D eigenvalue weighted by Crippen LogP contribution is 2.18. The van der Waals surface area contributed by atoms with Gasteiger partial charge in [0.15, 0.2) is 0 Å². The molecule has 1 aromatic heterocycles. The van der Waals surface area contributed by atoms with Gasteiger partial charge in [0, 0.05) is 6.54 Å². The maximum atomic E-state index is 5.69. The number of benzene rings is 1. The lowest BCUT2D eigenvalue weighted by Gasteiger charge is -2.20. The van der Waals surface area contributed by atoms with E-state index in [2.05, 4.69) is 47.6 Å². The minimum absolute atomic E-state index is 0.722. The number of hydrogen-bond donors (Lipinski definition) is 1. The van der Waals surface area contributed by atoms with Gasteiger partial charge in [-0.1, -0.05) is 32.4 Å². The zero-order valence-electron chi connectivity index (χ0n) is 13.4. The molecule has 0 saturated heterocycles. The lowest BCUT2D eigenvalue weighted by Crippen LogP contribution is -2.26. The van der Waals surface area contributed by atoms with Gasteiger partial charge in [0.25, 0.3) is 0 Å². The molecular weight excluding hydrogens is 260 g/mol.